The maximum absolute atomic E-state index is 12.3. The zero-order valence-corrected chi connectivity index (χ0v) is 7.44. The van der Waals surface area contributed by atoms with Crippen molar-refractivity contribution in [3.8, 4) is 0 Å². The predicted octanol–water partition coefficient (Wildman–Crippen LogP) is 0.855. The van der Waals surface area contributed by atoms with E-state index in [0.717, 1.165) is 19.3 Å². The first kappa shape index (κ1) is 8.44. The number of halogens is 1. The van der Waals surface area contributed by atoms with Gasteiger partial charge in [0.05, 0.1) is 5.60 Å². The van der Waals surface area contributed by atoms with Crippen LogP contribution in [-0.4, -0.2) is 26.4 Å². The molecule has 0 unspecified atom stereocenters. The topological polar surface area (TPSA) is 43.4 Å². The minimum atomic E-state index is -4.37. The van der Waals surface area contributed by atoms with Gasteiger partial charge in [0.2, 0.25) is 0 Å². The summed E-state index contributed by atoms with van der Waals surface area (Å²) < 4.78 is 38.4. The molecule has 2 aliphatic heterocycles. The van der Waals surface area contributed by atoms with Gasteiger partial charge in [-0.3, -0.25) is 0 Å². The van der Waals surface area contributed by atoms with Gasteiger partial charge in [-0.1, -0.05) is 0 Å². The van der Waals surface area contributed by atoms with E-state index in [0.29, 0.717) is 12.5 Å². The molecule has 0 N–H and O–H groups in total. The Hall–Kier alpha value is -0.160. The zero-order valence-electron chi connectivity index (χ0n) is 6.62. The zero-order chi connectivity index (χ0) is 8.82. The molecular weight excluding hydrogens is 183 g/mol. The van der Waals surface area contributed by atoms with Gasteiger partial charge >= 0.3 is 10.2 Å². The Balaban J connectivity index is 2.05. The lowest BCUT2D eigenvalue weighted by Gasteiger charge is -2.51. The van der Waals surface area contributed by atoms with E-state index in [2.05, 4.69) is 0 Å². The van der Waals surface area contributed by atoms with Crippen LogP contribution in [0.1, 0.15) is 19.3 Å². The van der Waals surface area contributed by atoms with Crippen molar-refractivity contribution in [2.75, 3.05) is 12.4 Å². The van der Waals surface area contributed by atoms with Crippen LogP contribution in [0.5, 0.6) is 0 Å². The molecule has 5 heteroatoms. The van der Waals surface area contributed by atoms with Crippen LogP contribution in [0, 0.1) is 5.92 Å². The van der Waals surface area contributed by atoms with Crippen molar-refractivity contribution >= 4 is 10.2 Å². The molecule has 3 nitrogen and oxygen atoms in total. The van der Waals surface area contributed by atoms with Crippen LogP contribution in [0.15, 0.2) is 0 Å². The maximum Gasteiger partial charge on any atom is 0.305 e. The molecular formula is C7H11FO3S. The van der Waals surface area contributed by atoms with Crippen molar-refractivity contribution in [1.82, 2.24) is 0 Å². The van der Waals surface area contributed by atoms with Crippen molar-refractivity contribution in [3.05, 3.63) is 0 Å². The number of ether oxygens (including phenoxy) is 1. The molecule has 2 bridgehead atoms. The summed E-state index contributed by atoms with van der Waals surface area (Å²) in [6.45, 7) is 0.584. The second-order valence-electron chi connectivity index (χ2n) is 3.78. The average molecular weight is 194 g/mol. The molecule has 0 atom stereocenters. The molecule has 0 spiro atoms. The highest BCUT2D eigenvalue weighted by atomic mass is 32.3. The summed E-state index contributed by atoms with van der Waals surface area (Å²) in [4.78, 5) is 0. The van der Waals surface area contributed by atoms with Crippen molar-refractivity contribution in [2.45, 2.75) is 24.9 Å². The van der Waals surface area contributed by atoms with E-state index in [9.17, 15) is 12.3 Å². The number of hydrogen-bond donors (Lipinski definition) is 0. The minimum Gasteiger partial charge on any atom is -0.374 e. The third-order valence-corrected chi connectivity index (χ3v) is 3.56. The van der Waals surface area contributed by atoms with Crippen LogP contribution in [-0.2, 0) is 15.0 Å². The van der Waals surface area contributed by atoms with Gasteiger partial charge in [-0.05, 0) is 25.2 Å². The molecule has 2 saturated heterocycles. The lowest BCUT2D eigenvalue weighted by molar-refractivity contribution is -0.162. The van der Waals surface area contributed by atoms with Crippen molar-refractivity contribution in [1.29, 1.82) is 0 Å². The highest BCUT2D eigenvalue weighted by Crippen LogP contribution is 2.47. The normalized spacial score (nSPS) is 40.6. The fourth-order valence-corrected chi connectivity index (χ4v) is 3.18. The molecule has 1 saturated carbocycles. The molecule has 70 valence electrons. The van der Waals surface area contributed by atoms with Gasteiger partial charge in [0.25, 0.3) is 0 Å². The summed E-state index contributed by atoms with van der Waals surface area (Å²) >= 11 is 0. The van der Waals surface area contributed by atoms with Crippen LogP contribution >= 0.6 is 0 Å². The Morgan fingerprint density at radius 3 is 2.58 bits per heavy atom. The average Bonchev–Trinajstić information content (AvgIpc) is 1.81. The largest absolute Gasteiger partial charge is 0.374 e. The molecule has 3 aliphatic rings. The first-order chi connectivity index (χ1) is 5.49. The van der Waals surface area contributed by atoms with E-state index in [1.54, 1.807) is 0 Å². The Bertz CT molecular complexity index is 274. The lowest BCUT2D eigenvalue weighted by atomic mass is 9.68. The monoisotopic (exact) mass is 194 g/mol. The third kappa shape index (κ3) is 1.47. The van der Waals surface area contributed by atoms with Gasteiger partial charge in [-0.2, -0.15) is 8.42 Å². The van der Waals surface area contributed by atoms with Crippen LogP contribution in [0.3, 0.4) is 0 Å². The SMILES string of the molecule is O=S(=O)(F)CC12CC(CCO1)C2. The van der Waals surface area contributed by atoms with Crippen LogP contribution in [0.4, 0.5) is 3.89 Å². The lowest BCUT2D eigenvalue weighted by Crippen LogP contribution is -2.54. The molecule has 0 aromatic heterocycles. The number of rotatable bonds is 2. The van der Waals surface area contributed by atoms with Crippen LogP contribution in [0.25, 0.3) is 0 Å². The van der Waals surface area contributed by atoms with Gasteiger partial charge in [0.1, 0.15) is 5.75 Å². The standard InChI is InChI=1S/C7H11FO3S/c8-12(9,10)5-7-3-6(4-7)1-2-11-7/h6H,1-5H2. The summed E-state index contributed by atoms with van der Waals surface area (Å²) in [6.07, 6.45) is 2.43. The maximum atomic E-state index is 12.3. The summed E-state index contributed by atoms with van der Waals surface area (Å²) in [5.41, 5.74) is -0.656. The predicted molar refractivity (Wildman–Crippen MR) is 40.9 cm³/mol. The Morgan fingerprint density at radius 2 is 2.17 bits per heavy atom. The third-order valence-electron chi connectivity index (χ3n) is 2.69. The smallest absolute Gasteiger partial charge is 0.305 e. The summed E-state index contributed by atoms with van der Waals surface area (Å²) in [5, 5.41) is 0. The van der Waals surface area contributed by atoms with E-state index in [-0.39, 0.29) is 0 Å². The molecule has 1 aliphatic carbocycles. The fourth-order valence-electron chi connectivity index (χ4n) is 2.23. The van der Waals surface area contributed by atoms with Gasteiger partial charge in [0, 0.05) is 6.61 Å². The minimum absolute atomic E-state index is 0.448. The fraction of sp³-hybridized carbons (Fsp3) is 1.00. The molecule has 2 heterocycles. The van der Waals surface area contributed by atoms with E-state index in [4.69, 9.17) is 4.74 Å². The Morgan fingerprint density at radius 1 is 1.50 bits per heavy atom. The number of fused-ring (bicyclic) bond motifs is 2. The molecule has 0 aromatic carbocycles. The first-order valence-corrected chi connectivity index (χ1v) is 5.61. The van der Waals surface area contributed by atoms with E-state index >= 15 is 0 Å². The van der Waals surface area contributed by atoms with E-state index in [1.165, 1.54) is 0 Å². The molecule has 0 radical (unpaired) electrons. The van der Waals surface area contributed by atoms with Crippen molar-refractivity contribution in [3.63, 3.8) is 0 Å². The Labute approximate surface area is 71.1 Å². The quantitative estimate of drug-likeness (QED) is 0.612. The second-order valence-corrected chi connectivity index (χ2v) is 5.14. The van der Waals surface area contributed by atoms with Crippen molar-refractivity contribution in [2.24, 2.45) is 5.92 Å². The van der Waals surface area contributed by atoms with Gasteiger partial charge in [-0.15, -0.1) is 3.89 Å². The van der Waals surface area contributed by atoms with Crippen molar-refractivity contribution < 1.29 is 17.0 Å². The van der Waals surface area contributed by atoms with Gasteiger partial charge < -0.3 is 4.74 Å². The first-order valence-electron chi connectivity index (χ1n) is 4.05. The second kappa shape index (κ2) is 2.42. The molecule has 3 fully saturated rings. The van der Waals surface area contributed by atoms with E-state index < -0.39 is 21.6 Å². The molecule has 3 rings (SSSR count). The highest BCUT2D eigenvalue weighted by molar-refractivity contribution is 7.86. The van der Waals surface area contributed by atoms with Gasteiger partial charge in [-0.25, -0.2) is 0 Å². The summed E-state index contributed by atoms with van der Waals surface area (Å²) in [5.74, 6) is 0.122. The van der Waals surface area contributed by atoms with Crippen LogP contribution < -0.4 is 0 Å². The Kier molecular flexibility index (Phi) is 1.70. The molecule has 12 heavy (non-hydrogen) atoms. The molecule has 0 aromatic rings. The highest BCUT2D eigenvalue weighted by Gasteiger charge is 2.51. The molecule has 0 amide bonds. The number of hydrogen-bond acceptors (Lipinski definition) is 3. The van der Waals surface area contributed by atoms with E-state index in [1.807, 2.05) is 0 Å². The summed E-state index contributed by atoms with van der Waals surface area (Å²) in [6, 6.07) is 0. The van der Waals surface area contributed by atoms with Crippen LogP contribution in [0.2, 0.25) is 0 Å². The van der Waals surface area contributed by atoms with Gasteiger partial charge in [0.15, 0.2) is 0 Å². The summed E-state index contributed by atoms with van der Waals surface area (Å²) in [7, 11) is -4.37.